The molecule has 27 heavy (non-hydrogen) atoms. The minimum atomic E-state index is -0.0375. The molecule has 2 aromatic rings. The highest BCUT2D eigenvalue weighted by Crippen LogP contribution is 2.32. The van der Waals surface area contributed by atoms with Crippen LogP contribution in [0, 0.1) is 6.92 Å². The normalized spacial score (nSPS) is 12.3. The Morgan fingerprint density at radius 1 is 1.15 bits per heavy atom. The van der Waals surface area contributed by atoms with Crippen molar-refractivity contribution in [2.24, 2.45) is 0 Å². The zero-order valence-electron chi connectivity index (χ0n) is 16.5. The molecule has 144 valence electrons. The van der Waals surface area contributed by atoms with Gasteiger partial charge < -0.3 is 19.1 Å². The summed E-state index contributed by atoms with van der Waals surface area (Å²) >= 11 is 0. The van der Waals surface area contributed by atoms with E-state index in [0.29, 0.717) is 19.0 Å². The van der Waals surface area contributed by atoms with E-state index < -0.39 is 0 Å². The van der Waals surface area contributed by atoms with Crippen molar-refractivity contribution < 1.29 is 19.0 Å². The summed E-state index contributed by atoms with van der Waals surface area (Å²) in [7, 11) is 0. The summed E-state index contributed by atoms with van der Waals surface area (Å²) in [6, 6.07) is 11.9. The molecule has 5 heteroatoms. The lowest BCUT2D eigenvalue weighted by Gasteiger charge is -2.22. The quantitative estimate of drug-likeness (QED) is 0.731. The monoisotopic (exact) mass is 369 g/mol. The van der Waals surface area contributed by atoms with Gasteiger partial charge in [0, 0.05) is 13.1 Å². The highest BCUT2D eigenvalue weighted by Gasteiger charge is 2.17. The fourth-order valence-corrected chi connectivity index (χ4v) is 3.00. The van der Waals surface area contributed by atoms with Crippen LogP contribution in [-0.2, 0) is 11.3 Å². The Morgan fingerprint density at radius 2 is 1.93 bits per heavy atom. The van der Waals surface area contributed by atoms with E-state index in [-0.39, 0.29) is 19.3 Å². The van der Waals surface area contributed by atoms with E-state index in [1.54, 1.807) is 4.90 Å². The van der Waals surface area contributed by atoms with Gasteiger partial charge in [-0.3, -0.25) is 4.79 Å². The zero-order valence-corrected chi connectivity index (χ0v) is 16.5. The third kappa shape index (κ3) is 4.54. The summed E-state index contributed by atoms with van der Waals surface area (Å²) in [4.78, 5) is 14.4. The molecule has 1 aliphatic heterocycles. The van der Waals surface area contributed by atoms with Gasteiger partial charge in [-0.1, -0.05) is 32.0 Å². The third-order valence-corrected chi connectivity index (χ3v) is 4.77. The second kappa shape index (κ2) is 8.33. The first kappa shape index (κ1) is 19.1. The zero-order chi connectivity index (χ0) is 19.4. The lowest BCUT2D eigenvalue weighted by molar-refractivity contribution is -0.133. The molecule has 0 bridgehead atoms. The van der Waals surface area contributed by atoms with Gasteiger partial charge in [0.25, 0.3) is 5.91 Å². The smallest absolute Gasteiger partial charge is 0.260 e. The van der Waals surface area contributed by atoms with Gasteiger partial charge in [-0.2, -0.15) is 0 Å². The van der Waals surface area contributed by atoms with Crippen molar-refractivity contribution in [3.63, 3.8) is 0 Å². The fraction of sp³-hybridized carbons (Fsp3) is 0.409. The van der Waals surface area contributed by atoms with Crippen LogP contribution in [0.1, 0.15) is 43.4 Å². The first-order valence-corrected chi connectivity index (χ1v) is 9.37. The predicted molar refractivity (Wildman–Crippen MR) is 104 cm³/mol. The molecule has 1 amide bonds. The Morgan fingerprint density at radius 3 is 2.67 bits per heavy atom. The molecule has 0 unspecified atom stereocenters. The number of carbonyl (C=O) groups excluding carboxylic acids is 1. The Kier molecular flexibility index (Phi) is 5.89. The summed E-state index contributed by atoms with van der Waals surface area (Å²) in [6.07, 6.45) is 0. The number of aryl methyl sites for hydroxylation is 1. The molecule has 2 aromatic carbocycles. The molecule has 0 saturated heterocycles. The van der Waals surface area contributed by atoms with Gasteiger partial charge in [-0.15, -0.1) is 0 Å². The van der Waals surface area contributed by atoms with Crippen molar-refractivity contribution in [3.8, 4) is 17.2 Å². The molecule has 0 spiro atoms. The Bertz CT molecular complexity index is 816. The number of rotatable bonds is 7. The van der Waals surface area contributed by atoms with Crippen molar-refractivity contribution >= 4 is 5.91 Å². The standard InChI is InChI=1S/C22H27NO4/c1-5-23(12-17-7-9-19-21(10-17)27-14-26-19)22(24)13-25-20-11-18(15(2)3)8-6-16(20)4/h6-11,15H,5,12-14H2,1-4H3. The summed E-state index contributed by atoms with van der Waals surface area (Å²) in [5, 5.41) is 0. The van der Waals surface area contributed by atoms with Gasteiger partial charge in [0.1, 0.15) is 5.75 Å². The molecule has 3 rings (SSSR count). The number of nitrogens with zero attached hydrogens (tertiary/aromatic N) is 1. The number of amides is 1. The van der Waals surface area contributed by atoms with E-state index in [2.05, 4.69) is 19.9 Å². The second-order valence-electron chi connectivity index (χ2n) is 7.06. The van der Waals surface area contributed by atoms with Gasteiger partial charge in [-0.25, -0.2) is 0 Å². The number of ether oxygens (including phenoxy) is 3. The number of hydrogen-bond donors (Lipinski definition) is 0. The Balaban J connectivity index is 1.63. The highest BCUT2D eigenvalue weighted by molar-refractivity contribution is 5.77. The first-order chi connectivity index (χ1) is 13.0. The van der Waals surface area contributed by atoms with Gasteiger partial charge in [0.2, 0.25) is 6.79 Å². The van der Waals surface area contributed by atoms with Crippen LogP contribution in [0.2, 0.25) is 0 Å². The predicted octanol–water partition coefficient (Wildman–Crippen LogP) is 4.27. The van der Waals surface area contributed by atoms with Crippen molar-refractivity contribution in [2.45, 2.75) is 40.2 Å². The fourth-order valence-electron chi connectivity index (χ4n) is 3.00. The van der Waals surface area contributed by atoms with Crippen molar-refractivity contribution in [1.29, 1.82) is 0 Å². The SMILES string of the molecule is CCN(Cc1ccc2c(c1)OCO2)C(=O)COc1cc(C(C)C)ccc1C. The minimum Gasteiger partial charge on any atom is -0.483 e. The number of hydrogen-bond acceptors (Lipinski definition) is 4. The van der Waals surface area contributed by atoms with Crippen molar-refractivity contribution in [2.75, 3.05) is 19.9 Å². The maximum Gasteiger partial charge on any atom is 0.260 e. The van der Waals surface area contributed by atoms with Gasteiger partial charge in [-0.05, 0) is 54.7 Å². The van der Waals surface area contributed by atoms with Crippen molar-refractivity contribution in [3.05, 3.63) is 53.1 Å². The molecule has 1 aliphatic rings. The molecule has 0 aliphatic carbocycles. The van der Waals surface area contributed by atoms with Crippen LogP contribution in [0.3, 0.4) is 0 Å². The molecule has 0 fully saturated rings. The van der Waals surface area contributed by atoms with Crippen LogP contribution in [0.4, 0.5) is 0 Å². The van der Waals surface area contributed by atoms with Crippen LogP contribution < -0.4 is 14.2 Å². The number of fused-ring (bicyclic) bond motifs is 1. The van der Waals surface area contributed by atoms with E-state index in [4.69, 9.17) is 14.2 Å². The molecule has 0 aromatic heterocycles. The van der Waals surface area contributed by atoms with Gasteiger partial charge in [0.15, 0.2) is 18.1 Å². The molecule has 0 N–H and O–H groups in total. The van der Waals surface area contributed by atoms with E-state index >= 15 is 0 Å². The average Bonchev–Trinajstić information content (AvgIpc) is 3.12. The summed E-state index contributed by atoms with van der Waals surface area (Å²) in [5.41, 5.74) is 3.24. The summed E-state index contributed by atoms with van der Waals surface area (Å²) in [6.45, 7) is 9.65. The van der Waals surface area contributed by atoms with Crippen LogP contribution >= 0.6 is 0 Å². The summed E-state index contributed by atoms with van der Waals surface area (Å²) < 4.78 is 16.6. The summed E-state index contributed by atoms with van der Waals surface area (Å²) in [5.74, 6) is 2.63. The van der Waals surface area contributed by atoms with Crippen LogP contribution in [0.15, 0.2) is 36.4 Å². The molecule has 1 heterocycles. The average molecular weight is 369 g/mol. The molecular formula is C22H27NO4. The maximum atomic E-state index is 12.7. The van der Waals surface area contributed by atoms with Crippen LogP contribution in [0.5, 0.6) is 17.2 Å². The molecule has 0 radical (unpaired) electrons. The Hall–Kier alpha value is -2.69. The van der Waals surface area contributed by atoms with E-state index in [1.807, 2.05) is 44.2 Å². The van der Waals surface area contributed by atoms with Gasteiger partial charge >= 0.3 is 0 Å². The number of likely N-dealkylation sites (N-methyl/N-ethyl adjacent to an activating group) is 1. The molecule has 5 nitrogen and oxygen atoms in total. The van der Waals surface area contributed by atoms with Crippen LogP contribution in [0.25, 0.3) is 0 Å². The molecule has 0 atom stereocenters. The number of carbonyl (C=O) groups is 1. The largest absolute Gasteiger partial charge is 0.483 e. The second-order valence-corrected chi connectivity index (χ2v) is 7.06. The third-order valence-electron chi connectivity index (χ3n) is 4.77. The molecule has 0 saturated carbocycles. The van der Waals surface area contributed by atoms with E-state index in [9.17, 15) is 4.79 Å². The minimum absolute atomic E-state index is 0.0286. The van der Waals surface area contributed by atoms with Gasteiger partial charge in [0.05, 0.1) is 0 Å². The lowest BCUT2D eigenvalue weighted by Crippen LogP contribution is -2.34. The lowest BCUT2D eigenvalue weighted by atomic mass is 10.0. The molecular weight excluding hydrogens is 342 g/mol. The Labute approximate surface area is 160 Å². The first-order valence-electron chi connectivity index (χ1n) is 9.37. The highest BCUT2D eigenvalue weighted by atomic mass is 16.7. The number of benzene rings is 2. The van der Waals surface area contributed by atoms with Crippen molar-refractivity contribution in [1.82, 2.24) is 4.90 Å². The maximum absolute atomic E-state index is 12.7. The van der Waals surface area contributed by atoms with E-state index in [0.717, 1.165) is 28.4 Å². The van der Waals surface area contributed by atoms with Crippen LogP contribution in [-0.4, -0.2) is 30.8 Å². The van der Waals surface area contributed by atoms with E-state index in [1.165, 1.54) is 5.56 Å². The topological polar surface area (TPSA) is 48.0 Å².